The van der Waals surface area contributed by atoms with Crippen LogP contribution < -0.4 is 4.90 Å². The van der Waals surface area contributed by atoms with Gasteiger partial charge < -0.3 is 4.90 Å². The molecule has 6 nitrogen and oxygen atoms in total. The van der Waals surface area contributed by atoms with Crippen molar-refractivity contribution >= 4 is 22.2 Å². The van der Waals surface area contributed by atoms with Gasteiger partial charge in [-0.15, -0.1) is 0 Å². The molecule has 1 atom stereocenters. The lowest BCUT2D eigenvalue weighted by atomic mass is 10.2. The van der Waals surface area contributed by atoms with Gasteiger partial charge in [0.1, 0.15) is 0 Å². The van der Waals surface area contributed by atoms with E-state index in [4.69, 9.17) is 0 Å². The number of nitrogens with zero attached hydrogens (tertiary/aromatic N) is 3. The molecule has 0 radical (unpaired) electrons. The highest BCUT2D eigenvalue weighted by Crippen LogP contribution is 2.24. The Labute approximate surface area is 125 Å². The van der Waals surface area contributed by atoms with Crippen molar-refractivity contribution in [3.05, 3.63) is 34.1 Å². The Morgan fingerprint density at radius 1 is 1.33 bits per heavy atom. The summed E-state index contributed by atoms with van der Waals surface area (Å²) in [7, 11) is -0.802. The van der Waals surface area contributed by atoms with Crippen LogP contribution in [-0.4, -0.2) is 58.8 Å². The summed E-state index contributed by atoms with van der Waals surface area (Å²) in [5, 5.41) is 10.6. The number of hydrogen-bond donors (Lipinski definition) is 0. The molecular weight excluding hydrogens is 297 g/mol. The van der Waals surface area contributed by atoms with Gasteiger partial charge in [0, 0.05) is 61.6 Å². The molecule has 1 aliphatic heterocycles. The second-order valence-electron chi connectivity index (χ2n) is 5.00. The van der Waals surface area contributed by atoms with Crippen molar-refractivity contribution in [1.82, 2.24) is 4.90 Å². The monoisotopic (exact) mass is 315 g/mol. The van der Waals surface area contributed by atoms with Gasteiger partial charge in [-0.2, -0.15) is 0 Å². The third-order valence-electron chi connectivity index (χ3n) is 3.55. The van der Waals surface area contributed by atoms with Crippen molar-refractivity contribution in [3.63, 3.8) is 0 Å². The van der Waals surface area contributed by atoms with Crippen LogP contribution in [0.3, 0.4) is 0 Å². The number of hydrogen-bond acceptors (Lipinski definition) is 5. The van der Waals surface area contributed by atoms with E-state index in [0.29, 0.717) is 24.5 Å². The minimum absolute atomic E-state index is 0.236. The van der Waals surface area contributed by atoms with Crippen molar-refractivity contribution in [1.29, 1.82) is 0 Å². The van der Waals surface area contributed by atoms with E-state index in [1.165, 1.54) is 12.1 Å². The number of anilines is 1. The second kappa shape index (κ2) is 6.95. The van der Waals surface area contributed by atoms with E-state index < -0.39 is 21.5 Å². The molecule has 0 spiro atoms. The van der Waals surface area contributed by atoms with E-state index in [2.05, 4.69) is 4.90 Å². The molecule has 116 valence electrons. The summed E-state index contributed by atoms with van der Waals surface area (Å²) in [5.41, 5.74) is 0.166. The quantitative estimate of drug-likeness (QED) is 0.604. The lowest BCUT2D eigenvalue weighted by Crippen LogP contribution is -2.47. The maximum Gasteiger partial charge on any atom is 0.272 e. The summed E-state index contributed by atoms with van der Waals surface area (Å²) >= 11 is 0. The fourth-order valence-corrected chi connectivity index (χ4v) is 2.85. The summed E-state index contributed by atoms with van der Waals surface area (Å²) < 4.78 is 25.0. The molecular formula is C13H18FN3O3S. The largest absolute Gasteiger partial charge is 0.367 e. The SMILES string of the molecule is C[S@@](=O)CCN1CCN(c2ccc([N+](=O)[O-])cc2F)CC1. The van der Waals surface area contributed by atoms with Gasteiger partial charge in [-0.05, 0) is 6.07 Å². The van der Waals surface area contributed by atoms with E-state index >= 15 is 0 Å². The molecule has 0 N–H and O–H groups in total. The summed E-state index contributed by atoms with van der Waals surface area (Å²) in [5.74, 6) is 0.0821. The smallest absolute Gasteiger partial charge is 0.272 e. The summed E-state index contributed by atoms with van der Waals surface area (Å²) in [4.78, 5) is 14.1. The first-order chi connectivity index (χ1) is 9.97. The van der Waals surface area contributed by atoms with E-state index in [-0.39, 0.29) is 5.69 Å². The van der Waals surface area contributed by atoms with Gasteiger partial charge in [0.05, 0.1) is 16.7 Å². The average Bonchev–Trinajstić information content (AvgIpc) is 2.45. The molecule has 1 aromatic carbocycles. The zero-order chi connectivity index (χ0) is 15.4. The number of non-ortho nitro benzene ring substituents is 1. The van der Waals surface area contributed by atoms with Crippen LogP contribution in [0.5, 0.6) is 0 Å². The van der Waals surface area contributed by atoms with Gasteiger partial charge in [0.2, 0.25) is 0 Å². The Morgan fingerprint density at radius 2 is 2.00 bits per heavy atom. The predicted molar refractivity (Wildman–Crippen MR) is 80.6 cm³/mol. The highest BCUT2D eigenvalue weighted by Gasteiger charge is 2.21. The van der Waals surface area contributed by atoms with Crippen LogP contribution in [0.2, 0.25) is 0 Å². The number of rotatable bonds is 5. The van der Waals surface area contributed by atoms with Crippen LogP contribution in [0.1, 0.15) is 0 Å². The fraction of sp³-hybridized carbons (Fsp3) is 0.538. The van der Waals surface area contributed by atoms with E-state index in [1.807, 2.05) is 4.90 Å². The molecule has 0 saturated carbocycles. The molecule has 0 aliphatic carbocycles. The maximum absolute atomic E-state index is 13.9. The Bertz CT molecular complexity index is 547. The van der Waals surface area contributed by atoms with Crippen molar-refractivity contribution in [2.24, 2.45) is 0 Å². The van der Waals surface area contributed by atoms with Crippen molar-refractivity contribution in [2.75, 3.05) is 49.6 Å². The van der Waals surface area contributed by atoms with Gasteiger partial charge >= 0.3 is 0 Å². The maximum atomic E-state index is 13.9. The Hall–Kier alpha value is -1.54. The molecule has 0 amide bonds. The zero-order valence-corrected chi connectivity index (χ0v) is 12.6. The molecule has 2 rings (SSSR count). The lowest BCUT2D eigenvalue weighted by molar-refractivity contribution is -0.385. The van der Waals surface area contributed by atoms with Crippen molar-refractivity contribution in [3.8, 4) is 0 Å². The minimum atomic E-state index is -0.802. The van der Waals surface area contributed by atoms with E-state index in [1.54, 1.807) is 6.26 Å². The van der Waals surface area contributed by atoms with Crippen molar-refractivity contribution < 1.29 is 13.5 Å². The Morgan fingerprint density at radius 3 is 2.52 bits per heavy atom. The Kier molecular flexibility index (Phi) is 5.24. The molecule has 0 bridgehead atoms. The summed E-state index contributed by atoms with van der Waals surface area (Å²) in [6.07, 6.45) is 1.68. The van der Waals surface area contributed by atoms with Crippen LogP contribution in [0, 0.1) is 15.9 Å². The van der Waals surface area contributed by atoms with Crippen LogP contribution in [-0.2, 0) is 10.8 Å². The first kappa shape index (κ1) is 15.8. The zero-order valence-electron chi connectivity index (χ0n) is 11.8. The Balaban J connectivity index is 1.96. The lowest BCUT2D eigenvalue weighted by Gasteiger charge is -2.36. The average molecular weight is 315 g/mol. The second-order valence-corrected chi connectivity index (χ2v) is 6.55. The van der Waals surface area contributed by atoms with Gasteiger partial charge in [-0.25, -0.2) is 4.39 Å². The summed E-state index contributed by atoms with van der Waals surface area (Å²) in [6.45, 7) is 3.64. The van der Waals surface area contributed by atoms with Crippen LogP contribution in [0.25, 0.3) is 0 Å². The van der Waals surface area contributed by atoms with Crippen molar-refractivity contribution in [2.45, 2.75) is 0 Å². The number of piperazine rings is 1. The van der Waals surface area contributed by atoms with Gasteiger partial charge in [-0.1, -0.05) is 0 Å². The molecule has 1 fully saturated rings. The molecule has 1 aliphatic rings. The normalized spacial score (nSPS) is 17.7. The first-order valence-corrected chi connectivity index (χ1v) is 8.41. The topological polar surface area (TPSA) is 66.7 Å². The van der Waals surface area contributed by atoms with Crippen LogP contribution in [0.15, 0.2) is 18.2 Å². The standard InChI is InChI=1S/C13H18FN3O3S/c1-21(20)9-8-15-4-6-16(7-5-15)13-3-2-11(17(18)19)10-12(13)14/h2-3,10H,4-9H2,1H3/t21-/m1/s1. The minimum Gasteiger partial charge on any atom is -0.367 e. The van der Waals surface area contributed by atoms with Crippen LogP contribution >= 0.6 is 0 Å². The number of halogens is 1. The molecule has 1 aromatic rings. The molecule has 0 unspecified atom stereocenters. The number of nitro benzene ring substituents is 1. The van der Waals surface area contributed by atoms with E-state index in [0.717, 1.165) is 25.7 Å². The van der Waals surface area contributed by atoms with Gasteiger partial charge in [0.15, 0.2) is 5.82 Å². The van der Waals surface area contributed by atoms with Crippen LogP contribution in [0.4, 0.5) is 15.8 Å². The molecule has 1 heterocycles. The van der Waals surface area contributed by atoms with Gasteiger partial charge in [-0.3, -0.25) is 19.2 Å². The number of benzene rings is 1. The number of nitro groups is 1. The molecule has 1 saturated heterocycles. The highest BCUT2D eigenvalue weighted by atomic mass is 32.2. The predicted octanol–water partition coefficient (Wildman–Crippen LogP) is 1.23. The van der Waals surface area contributed by atoms with E-state index in [9.17, 15) is 18.7 Å². The highest BCUT2D eigenvalue weighted by molar-refractivity contribution is 7.84. The third-order valence-corrected chi connectivity index (χ3v) is 4.31. The summed E-state index contributed by atoms with van der Waals surface area (Å²) in [6, 6.07) is 3.75. The van der Waals surface area contributed by atoms with Gasteiger partial charge in [0.25, 0.3) is 5.69 Å². The molecule has 0 aromatic heterocycles. The third kappa shape index (κ3) is 4.21. The molecule has 21 heavy (non-hydrogen) atoms. The fourth-order valence-electron chi connectivity index (χ4n) is 2.34. The first-order valence-electron chi connectivity index (χ1n) is 6.68. The molecule has 8 heteroatoms.